The van der Waals surface area contributed by atoms with Gasteiger partial charge in [-0.1, -0.05) is 170 Å². The van der Waals surface area contributed by atoms with Gasteiger partial charge in [0, 0.05) is 40.9 Å². The number of hydrogen-bond acceptors (Lipinski definition) is 15. The number of ketones is 2. The third-order valence-electron chi connectivity index (χ3n) is 13.2. The smallest absolute Gasteiger partial charge is 0.415 e. The van der Waals surface area contributed by atoms with Gasteiger partial charge < -0.3 is 10.1 Å². The van der Waals surface area contributed by atoms with Crippen LogP contribution in [0.2, 0.25) is 0 Å². The third-order valence-corrected chi connectivity index (χ3v) is 13.2. The first-order valence-electron chi connectivity index (χ1n) is 26.3. The van der Waals surface area contributed by atoms with E-state index in [0.29, 0.717) is 36.8 Å². The summed E-state index contributed by atoms with van der Waals surface area (Å²) in [4.78, 5) is 61.6. The van der Waals surface area contributed by atoms with Crippen molar-refractivity contribution in [2.24, 2.45) is 0 Å². The minimum atomic E-state index is -0.876. The molecule has 0 spiro atoms. The van der Waals surface area contributed by atoms with Crippen LogP contribution in [0.3, 0.4) is 0 Å². The van der Waals surface area contributed by atoms with E-state index in [-0.39, 0.29) is 58.6 Å². The Balaban J connectivity index is 0.000000219. The molecular weight excluding hydrogens is 1090 g/mol. The molecule has 21 heteroatoms. The molecule has 10 aromatic rings. The Morgan fingerprint density at radius 2 is 0.952 bits per heavy atom. The van der Waals surface area contributed by atoms with Gasteiger partial charge in [-0.05, 0) is 112 Å². The van der Waals surface area contributed by atoms with Crippen molar-refractivity contribution in [1.29, 1.82) is 0 Å². The summed E-state index contributed by atoms with van der Waals surface area (Å²) in [5.41, 5.74) is 8.31. The Labute approximate surface area is 489 Å². The van der Waals surface area contributed by atoms with Crippen LogP contribution in [0.15, 0.2) is 194 Å². The van der Waals surface area contributed by atoms with E-state index < -0.39 is 27.3 Å². The number of Topliss-reactive ketones (excluding diaryl/α,β-unsaturated/α-hetero) is 2. The van der Waals surface area contributed by atoms with Gasteiger partial charge in [0.1, 0.15) is 17.0 Å². The summed E-state index contributed by atoms with van der Waals surface area (Å²) in [6.07, 6.45) is -0.807. The molecule has 20 nitrogen and oxygen atoms in total. The van der Waals surface area contributed by atoms with Crippen molar-refractivity contribution in [2.75, 3.05) is 10.2 Å². The molecule has 0 fully saturated rings. The molecular formula is C63H57ClN12O8. The molecule has 0 aliphatic carbocycles. The number of amides is 1. The van der Waals surface area contributed by atoms with Crippen molar-refractivity contribution in [2.45, 2.75) is 66.4 Å². The number of benzene rings is 8. The van der Waals surface area contributed by atoms with Crippen LogP contribution in [0, 0.1) is 20.2 Å². The van der Waals surface area contributed by atoms with Crippen molar-refractivity contribution in [1.82, 2.24) is 40.4 Å². The predicted molar refractivity (Wildman–Crippen MR) is 322 cm³/mol. The molecule has 424 valence electrons. The lowest BCUT2D eigenvalue weighted by Crippen LogP contribution is -2.37. The summed E-state index contributed by atoms with van der Waals surface area (Å²) in [6, 6.07) is 59.7. The monoisotopic (exact) mass is 1140 g/mol. The maximum absolute atomic E-state index is 13.5. The summed E-state index contributed by atoms with van der Waals surface area (Å²) in [5, 5.41) is 51.5. The van der Waals surface area contributed by atoms with E-state index in [9.17, 15) is 34.6 Å². The number of aromatic nitrogens is 8. The first-order valence-corrected chi connectivity index (χ1v) is 26.3. The lowest BCUT2D eigenvalue weighted by molar-refractivity contribution is -0.384. The normalized spacial score (nSPS) is 10.9. The summed E-state index contributed by atoms with van der Waals surface area (Å²) in [7, 11) is 0. The fraction of sp³-hybridized carbons (Fsp3) is 0.159. The molecule has 0 atom stereocenters. The molecule has 0 saturated carbocycles. The molecule has 0 bridgehead atoms. The largest absolute Gasteiger partial charge is 0.443 e. The summed E-state index contributed by atoms with van der Waals surface area (Å²) in [6.45, 7) is 9.12. The highest BCUT2D eigenvalue weighted by Gasteiger charge is 2.33. The van der Waals surface area contributed by atoms with Crippen LogP contribution in [0.4, 0.5) is 27.5 Å². The van der Waals surface area contributed by atoms with Crippen molar-refractivity contribution in [3.8, 4) is 45.0 Å². The minimum Gasteiger partial charge on any atom is -0.443 e. The SMILES string of the molecule is CC(=O)c1cccc([N+](=O)[O-])c1N(Cc1ccc(-c2ccccc2-c2nnnn2Cc2ccccc2)cc1)C(=O)OC(C)(C)C.CC(=O)c1cccc([N+](=O)[O-])c1NCc1ccc(-c2ccccc2-c2nnnn2Cc2ccccc2)cc1.Cl. The van der Waals surface area contributed by atoms with Crippen LogP contribution in [0.5, 0.6) is 0 Å². The molecule has 0 unspecified atom stereocenters. The molecule has 1 amide bonds. The minimum absolute atomic E-state index is 0. The fourth-order valence-corrected chi connectivity index (χ4v) is 9.32. The number of anilines is 2. The highest BCUT2D eigenvalue weighted by Crippen LogP contribution is 2.37. The van der Waals surface area contributed by atoms with Gasteiger partial charge in [0.05, 0.1) is 29.5 Å². The van der Waals surface area contributed by atoms with E-state index in [2.05, 4.69) is 36.4 Å². The van der Waals surface area contributed by atoms with Crippen LogP contribution < -0.4 is 10.2 Å². The van der Waals surface area contributed by atoms with Gasteiger partial charge in [0.25, 0.3) is 11.4 Å². The van der Waals surface area contributed by atoms with Crippen LogP contribution in [-0.2, 0) is 30.9 Å². The molecule has 0 aliphatic heterocycles. The standard InChI is InChI=1S/C34H32N6O5.C29H24N6O3.ClH/c1-23(41)27-15-10-16-30(40(43)44)31(27)38(33(42)45-34(2,3)4)21-25-17-19-26(20-18-25)28-13-8-9-14-29(28)32-35-36-37-39(32)22-24-11-6-5-7-12-24;1-20(36)24-12-7-13-27(35(37)38)28(24)30-18-21-14-16-23(17-15-21)25-10-5-6-11-26(25)29-31-32-33-34(29)19-22-8-3-2-4-9-22;/h5-20H,21-22H2,1-4H3;2-17,30H,18-19H2,1H3;1H. The number of rotatable bonds is 18. The maximum Gasteiger partial charge on any atom is 0.415 e. The molecule has 1 N–H and O–H groups in total. The second-order valence-corrected chi connectivity index (χ2v) is 20.2. The number of carbonyl (C=O) groups excluding carboxylic acids is 3. The number of carbonyl (C=O) groups is 3. The first-order chi connectivity index (χ1) is 40.0. The Hall–Kier alpha value is -10.6. The van der Waals surface area contributed by atoms with E-state index in [0.717, 1.165) is 55.0 Å². The highest BCUT2D eigenvalue weighted by molar-refractivity contribution is 6.06. The van der Waals surface area contributed by atoms with Crippen molar-refractivity contribution in [3.63, 3.8) is 0 Å². The number of nitro groups is 2. The summed E-state index contributed by atoms with van der Waals surface area (Å²) in [5.74, 6) is 0.632. The average Bonchev–Trinajstić information content (AvgIpc) is 4.30. The topological polar surface area (TPSA) is 249 Å². The molecule has 8 aromatic carbocycles. The van der Waals surface area contributed by atoms with Crippen LogP contribution in [-0.4, -0.2) is 73.5 Å². The van der Waals surface area contributed by atoms with Crippen LogP contribution in [0.1, 0.15) is 77.6 Å². The Morgan fingerprint density at radius 3 is 1.40 bits per heavy atom. The lowest BCUT2D eigenvalue weighted by atomic mass is 9.98. The van der Waals surface area contributed by atoms with Gasteiger partial charge in [-0.15, -0.1) is 22.6 Å². The number of halogens is 1. The zero-order valence-corrected chi connectivity index (χ0v) is 47.2. The molecule has 84 heavy (non-hydrogen) atoms. The van der Waals surface area contributed by atoms with Gasteiger partial charge in [-0.25, -0.2) is 14.2 Å². The van der Waals surface area contributed by atoms with E-state index in [4.69, 9.17) is 4.74 Å². The summed E-state index contributed by atoms with van der Waals surface area (Å²) < 4.78 is 9.17. The number of nitrogens with one attached hydrogen (secondary N) is 1. The van der Waals surface area contributed by atoms with E-state index in [1.165, 1.54) is 44.2 Å². The van der Waals surface area contributed by atoms with Crippen molar-refractivity contribution >= 4 is 52.8 Å². The van der Waals surface area contributed by atoms with Gasteiger partial charge >= 0.3 is 6.09 Å². The number of nitrogens with zero attached hydrogens (tertiary/aromatic N) is 11. The molecule has 0 saturated heterocycles. The number of para-hydroxylation sites is 2. The molecule has 2 aromatic heterocycles. The van der Waals surface area contributed by atoms with Gasteiger partial charge in [0.2, 0.25) is 0 Å². The third kappa shape index (κ3) is 14.3. The van der Waals surface area contributed by atoms with Crippen molar-refractivity contribution < 1.29 is 29.0 Å². The van der Waals surface area contributed by atoms with E-state index in [1.807, 2.05) is 158 Å². The van der Waals surface area contributed by atoms with Crippen molar-refractivity contribution in [3.05, 3.63) is 248 Å². The average molecular weight is 1150 g/mol. The van der Waals surface area contributed by atoms with Crippen LogP contribution >= 0.6 is 12.4 Å². The molecule has 10 rings (SSSR count). The second kappa shape index (κ2) is 26.8. The Morgan fingerprint density at radius 1 is 0.524 bits per heavy atom. The summed E-state index contributed by atoms with van der Waals surface area (Å²) >= 11 is 0. The molecule has 2 heterocycles. The molecule has 0 radical (unpaired) electrons. The quantitative estimate of drug-likeness (QED) is 0.0476. The Bertz CT molecular complexity index is 3900. The lowest BCUT2D eigenvalue weighted by Gasteiger charge is -2.28. The second-order valence-electron chi connectivity index (χ2n) is 20.2. The first kappa shape index (κ1) is 59.5. The number of nitro benzene ring substituents is 2. The van der Waals surface area contributed by atoms with Gasteiger partial charge in [-0.3, -0.25) is 34.7 Å². The number of hydrogen-bond donors (Lipinski definition) is 1. The van der Waals surface area contributed by atoms with E-state index in [1.54, 1.807) is 36.2 Å². The number of ether oxygens (including phenoxy) is 1. The molecule has 0 aliphatic rings. The highest BCUT2D eigenvalue weighted by atomic mass is 35.5. The predicted octanol–water partition coefficient (Wildman–Crippen LogP) is 13.3. The zero-order valence-electron chi connectivity index (χ0n) is 46.4. The van der Waals surface area contributed by atoms with E-state index >= 15 is 0 Å². The van der Waals surface area contributed by atoms with Gasteiger partial charge in [-0.2, -0.15) is 0 Å². The number of tetrazole rings is 2. The van der Waals surface area contributed by atoms with Crippen LogP contribution in [0.25, 0.3) is 45.0 Å². The Kier molecular flexibility index (Phi) is 19.0. The fourth-order valence-electron chi connectivity index (χ4n) is 9.32. The maximum atomic E-state index is 13.5. The van der Waals surface area contributed by atoms with Gasteiger partial charge in [0.15, 0.2) is 23.2 Å². The zero-order chi connectivity index (χ0) is 58.6.